The Balaban J connectivity index is 2.68. The molecule has 0 spiro atoms. The largest absolute Gasteiger partial charge is 0.313 e. The number of nitrogens with one attached hydrogen (secondary N) is 1. The van der Waals surface area contributed by atoms with Crippen molar-refractivity contribution in [2.75, 3.05) is 13.1 Å². The molecule has 18 heavy (non-hydrogen) atoms. The SMILES string of the molecule is CCNCC(=Cc1ccc(CC(C)C)cc1)CC. The first-order chi connectivity index (χ1) is 8.65. The molecule has 1 nitrogen and oxygen atoms in total. The van der Waals surface area contributed by atoms with E-state index in [1.54, 1.807) is 0 Å². The van der Waals surface area contributed by atoms with Crippen LogP contribution in [0.2, 0.25) is 0 Å². The Kier molecular flexibility index (Phi) is 6.74. The smallest absolute Gasteiger partial charge is 0.0167 e. The molecule has 0 saturated carbocycles. The van der Waals surface area contributed by atoms with Gasteiger partial charge in [0.15, 0.2) is 0 Å². The lowest BCUT2D eigenvalue weighted by Gasteiger charge is -2.07. The first-order valence-electron chi connectivity index (χ1n) is 7.14. The molecule has 1 heteroatoms. The van der Waals surface area contributed by atoms with Crippen LogP contribution in [-0.2, 0) is 6.42 Å². The number of rotatable bonds is 7. The summed E-state index contributed by atoms with van der Waals surface area (Å²) in [5.41, 5.74) is 4.22. The number of hydrogen-bond donors (Lipinski definition) is 1. The molecule has 1 rings (SSSR count). The van der Waals surface area contributed by atoms with Crippen molar-refractivity contribution in [2.45, 2.75) is 40.5 Å². The van der Waals surface area contributed by atoms with Gasteiger partial charge in [0, 0.05) is 6.54 Å². The minimum atomic E-state index is 0.728. The third kappa shape index (κ3) is 5.50. The molecule has 100 valence electrons. The average molecular weight is 245 g/mol. The standard InChI is InChI=1S/C17H27N/c1-5-15(13-18-6-2)12-17-9-7-16(8-10-17)11-14(3)4/h7-10,12,14,18H,5-6,11,13H2,1-4H3. The van der Waals surface area contributed by atoms with Gasteiger partial charge in [-0.2, -0.15) is 0 Å². The van der Waals surface area contributed by atoms with Crippen LogP contribution in [0.5, 0.6) is 0 Å². The van der Waals surface area contributed by atoms with E-state index in [4.69, 9.17) is 0 Å². The first kappa shape index (κ1) is 15.0. The van der Waals surface area contributed by atoms with Crippen molar-refractivity contribution in [3.05, 3.63) is 41.0 Å². The van der Waals surface area contributed by atoms with Crippen LogP contribution in [0.1, 0.15) is 45.2 Å². The Morgan fingerprint density at radius 2 is 1.83 bits per heavy atom. The molecule has 0 saturated heterocycles. The van der Waals surface area contributed by atoms with Gasteiger partial charge in [-0.1, -0.05) is 63.6 Å². The van der Waals surface area contributed by atoms with Crippen LogP contribution in [0.15, 0.2) is 29.8 Å². The van der Waals surface area contributed by atoms with Crippen LogP contribution < -0.4 is 5.32 Å². The van der Waals surface area contributed by atoms with E-state index in [1.807, 2.05) is 0 Å². The molecule has 0 amide bonds. The van der Waals surface area contributed by atoms with E-state index in [0.717, 1.165) is 25.4 Å². The highest BCUT2D eigenvalue weighted by Gasteiger charge is 1.98. The second-order valence-electron chi connectivity index (χ2n) is 5.28. The Hall–Kier alpha value is -1.08. The average Bonchev–Trinajstić information content (AvgIpc) is 2.36. The minimum Gasteiger partial charge on any atom is -0.313 e. The van der Waals surface area contributed by atoms with Gasteiger partial charge in [-0.3, -0.25) is 0 Å². The van der Waals surface area contributed by atoms with E-state index in [-0.39, 0.29) is 0 Å². The maximum absolute atomic E-state index is 3.39. The first-order valence-corrected chi connectivity index (χ1v) is 7.14. The Morgan fingerprint density at radius 3 is 2.33 bits per heavy atom. The van der Waals surface area contributed by atoms with Crippen molar-refractivity contribution in [1.82, 2.24) is 5.32 Å². The molecule has 0 atom stereocenters. The highest BCUT2D eigenvalue weighted by atomic mass is 14.8. The molecule has 1 N–H and O–H groups in total. The second-order valence-corrected chi connectivity index (χ2v) is 5.28. The van der Waals surface area contributed by atoms with Gasteiger partial charge in [-0.25, -0.2) is 0 Å². The highest BCUT2D eigenvalue weighted by molar-refractivity contribution is 5.53. The summed E-state index contributed by atoms with van der Waals surface area (Å²) in [6.45, 7) is 10.9. The Labute approximate surface area is 112 Å². The zero-order valence-corrected chi connectivity index (χ0v) is 12.3. The van der Waals surface area contributed by atoms with E-state index >= 15 is 0 Å². The molecule has 0 radical (unpaired) electrons. The molecule has 0 fully saturated rings. The van der Waals surface area contributed by atoms with E-state index in [0.29, 0.717) is 0 Å². The van der Waals surface area contributed by atoms with Crippen LogP contribution in [-0.4, -0.2) is 13.1 Å². The fourth-order valence-corrected chi connectivity index (χ4v) is 2.02. The number of benzene rings is 1. The van der Waals surface area contributed by atoms with Crippen LogP contribution in [0.3, 0.4) is 0 Å². The predicted octanol–water partition coefficient (Wildman–Crippen LogP) is 4.29. The third-order valence-corrected chi connectivity index (χ3v) is 3.05. The summed E-state index contributed by atoms with van der Waals surface area (Å²) >= 11 is 0. The zero-order valence-electron chi connectivity index (χ0n) is 12.3. The fraction of sp³-hybridized carbons (Fsp3) is 0.529. The molecule has 0 aliphatic rings. The summed E-state index contributed by atoms with van der Waals surface area (Å²) in [5, 5.41) is 3.39. The summed E-state index contributed by atoms with van der Waals surface area (Å²) < 4.78 is 0. The van der Waals surface area contributed by atoms with Gasteiger partial charge >= 0.3 is 0 Å². The van der Waals surface area contributed by atoms with E-state index in [2.05, 4.69) is 63.4 Å². The number of hydrogen-bond acceptors (Lipinski definition) is 1. The van der Waals surface area contributed by atoms with Gasteiger partial charge in [0.2, 0.25) is 0 Å². The molecular formula is C17H27N. The van der Waals surface area contributed by atoms with Crippen molar-refractivity contribution in [1.29, 1.82) is 0 Å². The summed E-state index contributed by atoms with van der Waals surface area (Å²) in [6, 6.07) is 8.98. The molecule has 0 aliphatic heterocycles. The van der Waals surface area contributed by atoms with Gasteiger partial charge in [0.05, 0.1) is 0 Å². The topological polar surface area (TPSA) is 12.0 Å². The maximum atomic E-state index is 3.39. The van der Waals surface area contributed by atoms with E-state index < -0.39 is 0 Å². The van der Waals surface area contributed by atoms with Crippen molar-refractivity contribution >= 4 is 6.08 Å². The molecule has 0 aromatic heterocycles. The lowest BCUT2D eigenvalue weighted by atomic mass is 10.0. The summed E-state index contributed by atoms with van der Waals surface area (Å²) in [5.74, 6) is 0.728. The van der Waals surface area contributed by atoms with Crippen LogP contribution in [0, 0.1) is 5.92 Å². The second kappa shape index (κ2) is 8.10. The highest BCUT2D eigenvalue weighted by Crippen LogP contribution is 2.13. The molecule has 1 aromatic carbocycles. The Bertz CT molecular complexity index is 360. The lowest BCUT2D eigenvalue weighted by Crippen LogP contribution is -2.15. The fourth-order valence-electron chi connectivity index (χ4n) is 2.02. The summed E-state index contributed by atoms with van der Waals surface area (Å²) in [6.07, 6.45) is 4.59. The van der Waals surface area contributed by atoms with Gasteiger partial charge in [0.25, 0.3) is 0 Å². The van der Waals surface area contributed by atoms with Crippen molar-refractivity contribution in [3.8, 4) is 0 Å². The van der Waals surface area contributed by atoms with E-state index in [9.17, 15) is 0 Å². The molecule has 0 aliphatic carbocycles. The normalized spacial score (nSPS) is 12.2. The summed E-state index contributed by atoms with van der Waals surface area (Å²) in [7, 11) is 0. The van der Waals surface area contributed by atoms with Gasteiger partial charge in [0.1, 0.15) is 0 Å². The van der Waals surface area contributed by atoms with Gasteiger partial charge in [-0.15, -0.1) is 0 Å². The maximum Gasteiger partial charge on any atom is 0.0167 e. The van der Waals surface area contributed by atoms with Crippen molar-refractivity contribution < 1.29 is 0 Å². The van der Waals surface area contributed by atoms with Gasteiger partial charge < -0.3 is 5.32 Å². The monoisotopic (exact) mass is 245 g/mol. The van der Waals surface area contributed by atoms with Crippen molar-refractivity contribution in [3.63, 3.8) is 0 Å². The molecule has 0 bridgehead atoms. The van der Waals surface area contributed by atoms with Crippen LogP contribution in [0.25, 0.3) is 6.08 Å². The lowest BCUT2D eigenvalue weighted by molar-refractivity contribution is 0.647. The Morgan fingerprint density at radius 1 is 1.17 bits per heavy atom. The van der Waals surface area contributed by atoms with Crippen molar-refractivity contribution in [2.24, 2.45) is 5.92 Å². The molecule has 0 heterocycles. The van der Waals surface area contributed by atoms with Crippen LogP contribution in [0.4, 0.5) is 0 Å². The minimum absolute atomic E-state index is 0.728. The van der Waals surface area contributed by atoms with E-state index in [1.165, 1.54) is 23.1 Å². The number of likely N-dealkylation sites (N-methyl/N-ethyl adjacent to an activating group) is 1. The summed E-state index contributed by atoms with van der Waals surface area (Å²) in [4.78, 5) is 0. The zero-order chi connectivity index (χ0) is 13.4. The predicted molar refractivity (Wildman–Crippen MR) is 81.8 cm³/mol. The molecule has 0 unspecified atom stereocenters. The van der Waals surface area contributed by atoms with Gasteiger partial charge in [-0.05, 0) is 36.4 Å². The molecule has 1 aromatic rings. The third-order valence-electron chi connectivity index (χ3n) is 3.05. The molecular weight excluding hydrogens is 218 g/mol. The quantitative estimate of drug-likeness (QED) is 0.755. The van der Waals surface area contributed by atoms with Crippen LogP contribution >= 0.6 is 0 Å².